The molecule has 0 aromatic heterocycles. The fraction of sp³-hybridized carbons (Fsp3) is 1.00. The van der Waals surface area contributed by atoms with Gasteiger partial charge in [-0.2, -0.15) is 0 Å². The average Bonchev–Trinajstić information content (AvgIpc) is 3.35. The number of hydrogen-bond donors (Lipinski definition) is 2. The Morgan fingerprint density at radius 3 is 2.03 bits per heavy atom. The van der Waals surface area contributed by atoms with Crippen molar-refractivity contribution in [3.8, 4) is 0 Å². The zero-order valence-corrected chi connectivity index (χ0v) is 18.2. The summed E-state index contributed by atoms with van der Waals surface area (Å²) in [6, 6.07) is 0. The molecule has 8 nitrogen and oxygen atoms in total. The number of nitrogens with zero attached hydrogens (tertiary/aromatic N) is 5. The molecule has 0 radical (unpaired) electrons. The smallest absolute Gasteiger partial charge is 0.173 e. The van der Waals surface area contributed by atoms with Gasteiger partial charge in [0.25, 0.3) is 0 Å². The second-order valence-corrected chi connectivity index (χ2v) is 9.26. The zero-order valence-electron chi connectivity index (χ0n) is 18.2. The normalized spacial score (nSPS) is 37.9. The minimum atomic E-state index is -0.0809. The van der Waals surface area contributed by atoms with Gasteiger partial charge in [-0.3, -0.25) is 20.0 Å². The van der Waals surface area contributed by atoms with Crippen molar-refractivity contribution < 1.29 is 4.74 Å². The molecule has 5 aliphatic heterocycles. The van der Waals surface area contributed by atoms with E-state index in [0.717, 1.165) is 65.6 Å². The molecule has 5 heterocycles. The summed E-state index contributed by atoms with van der Waals surface area (Å²) in [5, 5.41) is 13.1. The number of hydrogen-bond acceptors (Lipinski definition) is 8. The van der Waals surface area contributed by atoms with Gasteiger partial charge < -0.3 is 10.1 Å². The zero-order chi connectivity index (χ0) is 19.5. The molecule has 0 bridgehead atoms. The van der Waals surface area contributed by atoms with Crippen LogP contribution < -0.4 is 10.6 Å². The Hall–Kier alpha value is -0.320. The molecule has 29 heavy (non-hydrogen) atoms. The number of nitrogens with one attached hydrogen (secondary N) is 2. The highest BCUT2D eigenvalue weighted by atomic mass is 16.5. The lowest BCUT2D eigenvalue weighted by atomic mass is 10.0. The van der Waals surface area contributed by atoms with E-state index in [1.165, 1.54) is 58.3 Å². The van der Waals surface area contributed by atoms with Crippen LogP contribution in [0.2, 0.25) is 0 Å². The predicted molar refractivity (Wildman–Crippen MR) is 114 cm³/mol. The van der Waals surface area contributed by atoms with E-state index in [-0.39, 0.29) is 5.79 Å². The largest absolute Gasteiger partial charge is 0.379 e. The number of hydrazine groups is 1. The summed E-state index contributed by atoms with van der Waals surface area (Å²) < 4.78 is 5.74. The number of piperidine rings is 1. The first-order chi connectivity index (χ1) is 14.4. The fourth-order valence-electron chi connectivity index (χ4n) is 6.36. The quantitative estimate of drug-likeness (QED) is 0.653. The number of morpholine rings is 1. The summed E-state index contributed by atoms with van der Waals surface area (Å²) in [5.41, 5.74) is 0. The van der Waals surface area contributed by atoms with Gasteiger partial charge in [-0.05, 0) is 38.8 Å². The van der Waals surface area contributed by atoms with Gasteiger partial charge in [0.05, 0.1) is 13.2 Å². The maximum absolute atomic E-state index is 5.74. The van der Waals surface area contributed by atoms with E-state index in [1.807, 2.05) is 0 Å². The van der Waals surface area contributed by atoms with Crippen LogP contribution in [0.15, 0.2) is 0 Å². The lowest BCUT2D eigenvalue weighted by molar-refractivity contribution is -0.304. The standard InChI is InChI=1S/C21H41N7O/c1-2-11-25(12-3-1)21(26-13-6-22-7-14-26)20(24-9-4-5-10-24)23-8-15-28(21)27-16-18-29-19-17-27/h20,22-23H,1-19H2. The first kappa shape index (κ1) is 20.6. The molecule has 0 aromatic rings. The fourth-order valence-corrected chi connectivity index (χ4v) is 6.36. The van der Waals surface area contributed by atoms with Crippen molar-refractivity contribution in [3.63, 3.8) is 0 Å². The molecule has 5 saturated heterocycles. The van der Waals surface area contributed by atoms with E-state index < -0.39 is 0 Å². The van der Waals surface area contributed by atoms with Crippen molar-refractivity contribution in [2.45, 2.75) is 44.1 Å². The Kier molecular flexibility index (Phi) is 6.70. The van der Waals surface area contributed by atoms with Crippen LogP contribution in [0.3, 0.4) is 0 Å². The SMILES string of the molecule is C1CCN(C2(N3CCNCC3)C(N3CCCC3)NCCN2N2CCOCC2)CC1. The summed E-state index contributed by atoms with van der Waals surface area (Å²) >= 11 is 0. The Bertz CT molecular complexity index is 493. The van der Waals surface area contributed by atoms with Gasteiger partial charge in [0.1, 0.15) is 6.17 Å². The predicted octanol–water partition coefficient (Wildman–Crippen LogP) is -0.394. The monoisotopic (exact) mass is 407 g/mol. The van der Waals surface area contributed by atoms with Crippen LogP contribution in [0.5, 0.6) is 0 Å². The molecular weight excluding hydrogens is 366 g/mol. The van der Waals surface area contributed by atoms with Crippen molar-refractivity contribution >= 4 is 0 Å². The van der Waals surface area contributed by atoms with Crippen LogP contribution in [0.4, 0.5) is 0 Å². The number of piperazine rings is 2. The summed E-state index contributed by atoms with van der Waals surface area (Å²) in [6.45, 7) is 15.3. The molecule has 2 unspecified atom stereocenters. The van der Waals surface area contributed by atoms with Crippen molar-refractivity contribution in [3.05, 3.63) is 0 Å². The third-order valence-corrected chi connectivity index (χ3v) is 7.65. The third-order valence-electron chi connectivity index (χ3n) is 7.65. The minimum Gasteiger partial charge on any atom is -0.379 e. The first-order valence-electron chi connectivity index (χ1n) is 12.2. The van der Waals surface area contributed by atoms with Crippen LogP contribution >= 0.6 is 0 Å². The molecule has 0 amide bonds. The van der Waals surface area contributed by atoms with Crippen LogP contribution in [0.25, 0.3) is 0 Å². The first-order valence-corrected chi connectivity index (χ1v) is 12.2. The Morgan fingerprint density at radius 1 is 0.655 bits per heavy atom. The van der Waals surface area contributed by atoms with Crippen molar-refractivity contribution in [2.75, 3.05) is 91.8 Å². The maximum atomic E-state index is 5.74. The molecule has 166 valence electrons. The average molecular weight is 408 g/mol. The highest BCUT2D eigenvalue weighted by Gasteiger charge is 2.58. The van der Waals surface area contributed by atoms with Crippen molar-refractivity contribution in [2.24, 2.45) is 0 Å². The van der Waals surface area contributed by atoms with Crippen LogP contribution in [0, 0.1) is 0 Å². The highest BCUT2D eigenvalue weighted by molar-refractivity contribution is 5.04. The topological polar surface area (TPSA) is 49.5 Å². The van der Waals surface area contributed by atoms with E-state index in [4.69, 9.17) is 4.74 Å². The molecule has 5 rings (SSSR count). The van der Waals surface area contributed by atoms with Gasteiger partial charge in [-0.25, -0.2) is 10.0 Å². The van der Waals surface area contributed by atoms with E-state index in [1.54, 1.807) is 0 Å². The van der Waals surface area contributed by atoms with E-state index in [9.17, 15) is 0 Å². The molecular formula is C21H41N7O. The van der Waals surface area contributed by atoms with E-state index >= 15 is 0 Å². The summed E-state index contributed by atoms with van der Waals surface area (Å²) in [6.07, 6.45) is 7.10. The molecule has 0 saturated carbocycles. The van der Waals surface area contributed by atoms with Crippen LogP contribution in [-0.2, 0) is 4.74 Å². The maximum Gasteiger partial charge on any atom is 0.173 e. The Labute approximate surface area is 176 Å². The molecule has 0 aliphatic carbocycles. The summed E-state index contributed by atoms with van der Waals surface area (Å²) in [7, 11) is 0. The molecule has 8 heteroatoms. The number of ether oxygens (including phenoxy) is 1. The Morgan fingerprint density at radius 2 is 1.31 bits per heavy atom. The second kappa shape index (κ2) is 9.44. The molecule has 5 fully saturated rings. The molecule has 2 N–H and O–H groups in total. The molecule has 5 aliphatic rings. The second-order valence-electron chi connectivity index (χ2n) is 9.26. The van der Waals surface area contributed by atoms with Gasteiger partial charge in [0, 0.05) is 65.4 Å². The highest BCUT2D eigenvalue weighted by Crippen LogP contribution is 2.38. The van der Waals surface area contributed by atoms with Gasteiger partial charge in [0.15, 0.2) is 5.79 Å². The number of likely N-dealkylation sites (tertiary alicyclic amines) is 2. The van der Waals surface area contributed by atoms with Crippen molar-refractivity contribution in [1.82, 2.24) is 35.4 Å². The van der Waals surface area contributed by atoms with Crippen LogP contribution in [-0.4, -0.2) is 128 Å². The van der Waals surface area contributed by atoms with Crippen LogP contribution in [0.1, 0.15) is 32.1 Å². The molecule has 0 aromatic carbocycles. The van der Waals surface area contributed by atoms with Gasteiger partial charge in [-0.15, -0.1) is 0 Å². The Balaban J connectivity index is 1.56. The molecule has 2 atom stereocenters. The van der Waals surface area contributed by atoms with Gasteiger partial charge in [0.2, 0.25) is 0 Å². The van der Waals surface area contributed by atoms with E-state index in [2.05, 4.69) is 35.4 Å². The van der Waals surface area contributed by atoms with Gasteiger partial charge in [-0.1, -0.05) is 6.42 Å². The lowest BCUT2D eigenvalue weighted by Crippen LogP contribution is -2.87. The minimum absolute atomic E-state index is 0.0809. The number of rotatable bonds is 4. The van der Waals surface area contributed by atoms with E-state index in [0.29, 0.717) is 6.17 Å². The van der Waals surface area contributed by atoms with Crippen molar-refractivity contribution in [1.29, 1.82) is 0 Å². The lowest BCUT2D eigenvalue weighted by Gasteiger charge is -2.66. The summed E-state index contributed by atoms with van der Waals surface area (Å²) in [5.74, 6) is -0.0809. The third kappa shape index (κ3) is 3.87. The summed E-state index contributed by atoms with van der Waals surface area (Å²) in [4.78, 5) is 8.47. The molecule has 0 spiro atoms. The van der Waals surface area contributed by atoms with Gasteiger partial charge >= 0.3 is 0 Å².